The van der Waals surface area contributed by atoms with Crippen LogP contribution in [-0.4, -0.2) is 304 Å². The van der Waals surface area contributed by atoms with Crippen LogP contribution in [0.25, 0.3) is 0 Å². The van der Waals surface area contributed by atoms with Crippen molar-refractivity contribution in [3.63, 3.8) is 0 Å². The number of likely N-dealkylation sites (N-methyl/N-ethyl adjacent to an activating group) is 3. The van der Waals surface area contributed by atoms with Gasteiger partial charge in [0.05, 0.1) is 0 Å². The van der Waals surface area contributed by atoms with E-state index in [4.69, 9.17) is 22.9 Å². The topological polar surface area (TPSA) is 247 Å². The van der Waals surface area contributed by atoms with E-state index in [-0.39, 0.29) is 0 Å². The molecule has 1 rings (SSSR count). The van der Waals surface area contributed by atoms with Crippen molar-refractivity contribution in [1.82, 2.24) is 87.9 Å². The molecule has 1 aliphatic rings. The second-order valence-electron chi connectivity index (χ2n) is 16.4. The zero-order valence-electron chi connectivity index (χ0n) is 40.3. The summed E-state index contributed by atoms with van der Waals surface area (Å²) in [5.74, 6) is 0. The summed E-state index contributed by atoms with van der Waals surface area (Å²) in [5.41, 5.74) is 30.6. The molecule has 1 aliphatic heterocycles. The lowest BCUT2D eigenvalue weighted by Crippen LogP contribution is -2.54. The Hall–Kier alpha value is -0.840. The van der Waals surface area contributed by atoms with Crippen LogP contribution < -0.4 is 76.4 Å². The summed E-state index contributed by atoms with van der Waals surface area (Å²) in [4.78, 5) is 14.9. The van der Waals surface area contributed by atoms with Gasteiger partial charge in [0.2, 0.25) is 0 Å². The Balaban J connectivity index is 3.01. The molecule has 0 saturated carbocycles. The standard InChI is InChI=1S/C41H103N21/c1-46-9-10-49-14-29-60-34-19-51-17-32-59(31-15-50-12-26-56(3)23-5-43)33-18-53-21-36-61(35-20-52-16-30-58(27-11-47-2)28-13-48-8-4-42)39-41-62(55-54-22-37-60)40-38-57(24-6-44)25-7-45/h46-55H,4-45H2,1-3H3. The normalized spacial score (nSPS) is 17.5. The number of hydrazine groups is 2. The van der Waals surface area contributed by atoms with E-state index in [1.807, 2.05) is 14.1 Å². The largest absolute Gasteiger partial charge is 0.329 e. The maximum absolute atomic E-state index is 5.98. The molecule has 0 bridgehead atoms. The molecular formula is C41H103N21. The van der Waals surface area contributed by atoms with Gasteiger partial charge in [-0.1, -0.05) is 0 Å². The summed E-state index contributed by atoms with van der Waals surface area (Å²) in [6.07, 6.45) is 0. The second-order valence-corrected chi connectivity index (χ2v) is 16.4. The van der Waals surface area contributed by atoms with Gasteiger partial charge in [0.1, 0.15) is 0 Å². The molecule has 18 N–H and O–H groups in total. The predicted molar refractivity (Wildman–Crippen MR) is 264 cm³/mol. The number of nitrogens with two attached hydrogens (primary N) is 4. The predicted octanol–water partition coefficient (Wildman–Crippen LogP) is -7.44. The molecule has 0 aromatic rings. The average Bonchev–Trinajstić information content (AvgIpc) is 3.26. The van der Waals surface area contributed by atoms with Crippen LogP contribution in [0.1, 0.15) is 0 Å². The fourth-order valence-electron chi connectivity index (χ4n) is 7.24. The molecular weight excluding hydrogens is 787 g/mol. The van der Waals surface area contributed by atoms with E-state index in [1.54, 1.807) is 0 Å². The van der Waals surface area contributed by atoms with Gasteiger partial charge in [-0.2, -0.15) is 5.53 Å². The first-order valence-electron chi connectivity index (χ1n) is 24.4. The Morgan fingerprint density at radius 3 is 1.42 bits per heavy atom. The molecule has 0 unspecified atom stereocenters. The zero-order chi connectivity index (χ0) is 45.0. The first-order chi connectivity index (χ1) is 30.5. The summed E-state index contributed by atoms with van der Waals surface area (Å²) < 4.78 is 0. The Labute approximate surface area is 379 Å². The molecule has 21 heteroatoms. The summed E-state index contributed by atoms with van der Waals surface area (Å²) in [7, 11) is 6.17. The van der Waals surface area contributed by atoms with E-state index in [0.29, 0.717) is 26.2 Å². The smallest absolute Gasteiger partial charge is 0.0272 e. The molecule has 62 heavy (non-hydrogen) atoms. The van der Waals surface area contributed by atoms with Crippen LogP contribution in [-0.2, 0) is 0 Å². The highest BCUT2D eigenvalue weighted by Crippen LogP contribution is 1.95. The summed E-state index contributed by atoms with van der Waals surface area (Å²) in [5, 5.41) is 30.9. The first kappa shape index (κ1) is 59.2. The van der Waals surface area contributed by atoms with E-state index in [9.17, 15) is 0 Å². The fraction of sp³-hybridized carbons (Fsp3) is 1.00. The van der Waals surface area contributed by atoms with Crippen molar-refractivity contribution in [3.8, 4) is 0 Å². The third kappa shape index (κ3) is 36.4. The maximum Gasteiger partial charge on any atom is 0.0272 e. The van der Waals surface area contributed by atoms with Gasteiger partial charge in [0.25, 0.3) is 0 Å². The van der Waals surface area contributed by atoms with E-state index < -0.39 is 0 Å². The van der Waals surface area contributed by atoms with Gasteiger partial charge in [0, 0.05) is 249 Å². The van der Waals surface area contributed by atoms with Crippen molar-refractivity contribution >= 4 is 0 Å². The highest BCUT2D eigenvalue weighted by molar-refractivity contribution is 4.72. The fourth-order valence-corrected chi connectivity index (χ4v) is 7.24. The lowest BCUT2D eigenvalue weighted by atomic mass is 10.3. The molecule has 0 aromatic carbocycles. The van der Waals surface area contributed by atoms with Crippen molar-refractivity contribution in [2.45, 2.75) is 0 Å². The van der Waals surface area contributed by atoms with Crippen LogP contribution in [0.2, 0.25) is 0 Å². The number of hydrogen-bond acceptors (Lipinski definition) is 21. The summed E-state index contributed by atoms with van der Waals surface area (Å²) in [6, 6.07) is 0. The average molecular weight is 890 g/mol. The molecule has 0 spiro atoms. The molecule has 1 fully saturated rings. The van der Waals surface area contributed by atoms with Gasteiger partial charge in [-0.15, -0.1) is 0 Å². The van der Waals surface area contributed by atoms with Crippen LogP contribution in [0.4, 0.5) is 0 Å². The minimum absolute atomic E-state index is 0.633. The van der Waals surface area contributed by atoms with E-state index >= 15 is 0 Å². The minimum Gasteiger partial charge on any atom is -0.329 e. The lowest BCUT2D eigenvalue weighted by Gasteiger charge is -2.31. The van der Waals surface area contributed by atoms with Crippen molar-refractivity contribution in [2.24, 2.45) is 22.9 Å². The molecule has 0 aromatic heterocycles. The number of nitrogens with zero attached hydrogens (tertiary/aromatic N) is 7. The quantitative estimate of drug-likeness (QED) is 0.0264. The summed E-state index contributed by atoms with van der Waals surface area (Å²) >= 11 is 0. The molecule has 1 saturated heterocycles. The molecule has 0 aliphatic carbocycles. The maximum atomic E-state index is 5.98. The van der Waals surface area contributed by atoms with Gasteiger partial charge >= 0.3 is 0 Å². The second kappa shape index (κ2) is 45.3. The lowest BCUT2D eigenvalue weighted by molar-refractivity contribution is 0.107. The highest BCUT2D eigenvalue weighted by Gasteiger charge is 2.14. The highest BCUT2D eigenvalue weighted by atomic mass is 15.7. The van der Waals surface area contributed by atoms with Crippen molar-refractivity contribution in [3.05, 3.63) is 0 Å². The van der Waals surface area contributed by atoms with Gasteiger partial charge in [-0.05, 0) is 21.1 Å². The monoisotopic (exact) mass is 890 g/mol. The van der Waals surface area contributed by atoms with Gasteiger partial charge in [-0.25, -0.2) is 10.4 Å². The Kier molecular flexibility index (Phi) is 43.3. The first-order valence-corrected chi connectivity index (χ1v) is 24.4. The Morgan fingerprint density at radius 2 is 0.887 bits per heavy atom. The van der Waals surface area contributed by atoms with Gasteiger partial charge < -0.3 is 70.4 Å². The number of hydrogen-bond donors (Lipinski definition) is 14. The Morgan fingerprint density at radius 1 is 0.419 bits per heavy atom. The minimum atomic E-state index is 0.633. The number of nitrogens with one attached hydrogen (secondary N) is 10. The molecule has 0 amide bonds. The van der Waals surface area contributed by atoms with Crippen LogP contribution >= 0.6 is 0 Å². The van der Waals surface area contributed by atoms with Gasteiger partial charge in [0.15, 0.2) is 0 Å². The molecule has 1 heterocycles. The van der Waals surface area contributed by atoms with Crippen molar-refractivity contribution in [1.29, 1.82) is 0 Å². The van der Waals surface area contributed by atoms with E-state index in [2.05, 4.69) is 95.0 Å². The van der Waals surface area contributed by atoms with E-state index in [0.717, 1.165) is 223 Å². The third-order valence-electron chi connectivity index (χ3n) is 11.2. The van der Waals surface area contributed by atoms with Crippen molar-refractivity contribution < 1.29 is 0 Å². The molecule has 21 nitrogen and oxygen atoms in total. The zero-order valence-corrected chi connectivity index (χ0v) is 40.3. The summed E-state index contributed by atoms with van der Waals surface area (Å²) in [6.45, 7) is 35.4. The number of rotatable bonds is 35. The third-order valence-corrected chi connectivity index (χ3v) is 11.2. The van der Waals surface area contributed by atoms with Crippen LogP contribution in [0, 0.1) is 0 Å². The van der Waals surface area contributed by atoms with Crippen LogP contribution in [0.5, 0.6) is 0 Å². The molecule has 372 valence electrons. The Bertz CT molecular complexity index is 894. The van der Waals surface area contributed by atoms with E-state index in [1.165, 1.54) is 0 Å². The van der Waals surface area contributed by atoms with Crippen LogP contribution in [0.3, 0.4) is 0 Å². The van der Waals surface area contributed by atoms with Crippen molar-refractivity contribution in [2.75, 3.05) is 270 Å². The van der Waals surface area contributed by atoms with Crippen LogP contribution in [0.15, 0.2) is 0 Å². The molecule has 0 atom stereocenters. The SMILES string of the molecule is CNCCNCCN1CCNCCN(CCNCCN(C)CCN)CCNCCN(CCNCCN(CCNC)CCNCCN)CCN(CCN(CCN)CCN)NNCC1. The molecule has 0 radical (unpaired) electrons. The van der Waals surface area contributed by atoms with Gasteiger partial charge in [-0.3, -0.25) is 24.5 Å².